The van der Waals surface area contributed by atoms with Gasteiger partial charge in [0, 0.05) is 64.4 Å². The summed E-state index contributed by atoms with van der Waals surface area (Å²) in [5.41, 5.74) is 13.6. The normalized spacial score (nSPS) is 11.1. The molecule has 8 heteroatoms. The van der Waals surface area contributed by atoms with Crippen molar-refractivity contribution in [2.45, 2.75) is 0 Å². The molecule has 0 fully saturated rings. The molecule has 8 nitrogen and oxygen atoms in total. The van der Waals surface area contributed by atoms with Crippen molar-refractivity contribution in [2.75, 3.05) is 7.11 Å². The summed E-state index contributed by atoms with van der Waals surface area (Å²) in [6, 6.07) is 55.8. The highest BCUT2D eigenvalue weighted by Crippen LogP contribution is 2.38. The summed E-state index contributed by atoms with van der Waals surface area (Å²) in [6.45, 7) is 0. The van der Waals surface area contributed by atoms with E-state index in [4.69, 9.17) is 29.7 Å². The standard InChI is InChI=1S/C52H37N7O/c1-60-45-16-10-15-38(32-45)50-22-19-39(33-55-50)46-17-8-9-18-47(46)40-29-41(51-53-25-27-58(51)43-20-23-48(56-34-43)36-11-4-2-5-12-36)31-42(30-40)52-54-26-28-59(52)44-21-24-49(57-35-44)37-13-6-3-7-14-37/h2-35H,1H3. The van der Waals surface area contributed by atoms with Gasteiger partial charge in [-0.25, -0.2) is 9.97 Å². The van der Waals surface area contributed by atoms with Crippen LogP contribution in [0, 0.1) is 0 Å². The monoisotopic (exact) mass is 775 g/mol. The van der Waals surface area contributed by atoms with E-state index < -0.39 is 0 Å². The first-order chi connectivity index (χ1) is 29.7. The van der Waals surface area contributed by atoms with Crippen molar-refractivity contribution in [3.8, 4) is 95.9 Å². The van der Waals surface area contributed by atoms with Crippen LogP contribution in [0.4, 0.5) is 0 Å². The smallest absolute Gasteiger partial charge is 0.144 e. The lowest BCUT2D eigenvalue weighted by Gasteiger charge is -2.16. The molecule has 0 radical (unpaired) electrons. The van der Waals surface area contributed by atoms with Crippen molar-refractivity contribution in [1.29, 1.82) is 0 Å². The second-order valence-corrected chi connectivity index (χ2v) is 14.3. The molecule has 10 rings (SSSR count). The number of rotatable bonds is 10. The number of nitrogens with zero attached hydrogens (tertiary/aromatic N) is 7. The highest BCUT2D eigenvalue weighted by Gasteiger charge is 2.18. The zero-order chi connectivity index (χ0) is 40.3. The van der Waals surface area contributed by atoms with E-state index >= 15 is 0 Å². The molecule has 0 spiro atoms. The Hall–Kier alpha value is -8.23. The summed E-state index contributed by atoms with van der Waals surface area (Å²) in [4.78, 5) is 24.4. The van der Waals surface area contributed by atoms with Gasteiger partial charge in [-0.3, -0.25) is 24.1 Å². The van der Waals surface area contributed by atoms with E-state index in [0.717, 1.165) is 95.9 Å². The highest BCUT2D eigenvalue weighted by atomic mass is 16.5. The van der Waals surface area contributed by atoms with Crippen molar-refractivity contribution in [2.24, 2.45) is 0 Å². The van der Waals surface area contributed by atoms with E-state index in [-0.39, 0.29) is 0 Å². The first-order valence-electron chi connectivity index (χ1n) is 19.6. The summed E-state index contributed by atoms with van der Waals surface area (Å²) in [6.07, 6.45) is 13.4. The van der Waals surface area contributed by atoms with Crippen molar-refractivity contribution < 1.29 is 4.74 Å². The van der Waals surface area contributed by atoms with Gasteiger partial charge >= 0.3 is 0 Å². The Balaban J connectivity index is 1.08. The second-order valence-electron chi connectivity index (χ2n) is 14.3. The fourth-order valence-corrected chi connectivity index (χ4v) is 7.60. The van der Waals surface area contributed by atoms with E-state index in [1.54, 1.807) is 7.11 Å². The van der Waals surface area contributed by atoms with Crippen LogP contribution in [0.3, 0.4) is 0 Å². The number of pyridine rings is 3. The molecule has 10 aromatic rings. The lowest BCUT2D eigenvalue weighted by Crippen LogP contribution is -2.00. The molecule has 0 aliphatic carbocycles. The maximum Gasteiger partial charge on any atom is 0.144 e. The number of hydrogen-bond acceptors (Lipinski definition) is 6. The molecule has 60 heavy (non-hydrogen) atoms. The summed E-state index contributed by atoms with van der Waals surface area (Å²) < 4.78 is 9.63. The van der Waals surface area contributed by atoms with Gasteiger partial charge in [0.05, 0.1) is 48.0 Å². The molecule has 0 atom stereocenters. The van der Waals surface area contributed by atoms with Gasteiger partial charge in [0.2, 0.25) is 0 Å². The third-order valence-electron chi connectivity index (χ3n) is 10.6. The molecule has 0 saturated carbocycles. The number of hydrogen-bond donors (Lipinski definition) is 0. The van der Waals surface area contributed by atoms with Crippen LogP contribution in [-0.4, -0.2) is 41.2 Å². The largest absolute Gasteiger partial charge is 0.497 e. The fraction of sp³-hybridized carbons (Fsp3) is 0.0192. The van der Waals surface area contributed by atoms with E-state index in [9.17, 15) is 0 Å². The van der Waals surface area contributed by atoms with Gasteiger partial charge in [0.15, 0.2) is 0 Å². The maximum absolute atomic E-state index is 5.47. The lowest BCUT2D eigenvalue weighted by molar-refractivity contribution is 0.415. The molecule has 5 aromatic heterocycles. The Morgan fingerprint density at radius 1 is 0.367 bits per heavy atom. The van der Waals surface area contributed by atoms with Crippen LogP contribution in [0.1, 0.15) is 0 Å². The average Bonchev–Trinajstić information content (AvgIpc) is 4.04. The molecule has 0 N–H and O–H groups in total. The number of aromatic nitrogens is 7. The van der Waals surface area contributed by atoms with Crippen LogP contribution in [0.25, 0.3) is 90.2 Å². The lowest BCUT2D eigenvalue weighted by atomic mass is 9.92. The van der Waals surface area contributed by atoms with Crippen LogP contribution in [0.2, 0.25) is 0 Å². The summed E-state index contributed by atoms with van der Waals surface area (Å²) in [7, 11) is 1.68. The third kappa shape index (κ3) is 7.14. The number of benzene rings is 5. The SMILES string of the molecule is COc1cccc(-c2ccc(-c3ccccc3-c3cc(-c4nccn4-c4ccc(-c5ccccc5)nc4)cc(-c4nccn4-c4ccc(-c5ccccc5)nc4)c3)cn2)c1. The Kier molecular flexibility index (Phi) is 9.61. The minimum absolute atomic E-state index is 0.779. The summed E-state index contributed by atoms with van der Waals surface area (Å²) >= 11 is 0. The molecule has 5 aromatic carbocycles. The minimum Gasteiger partial charge on any atom is -0.497 e. The molecule has 0 amide bonds. The van der Waals surface area contributed by atoms with Crippen molar-refractivity contribution in [3.63, 3.8) is 0 Å². The number of imidazole rings is 2. The minimum atomic E-state index is 0.779. The Labute approximate surface area is 347 Å². The third-order valence-corrected chi connectivity index (χ3v) is 10.6. The molecule has 0 bridgehead atoms. The van der Waals surface area contributed by atoms with Gasteiger partial charge < -0.3 is 4.74 Å². The van der Waals surface area contributed by atoms with Crippen molar-refractivity contribution in [1.82, 2.24) is 34.1 Å². The molecule has 0 aliphatic rings. The van der Waals surface area contributed by atoms with Crippen molar-refractivity contribution in [3.05, 3.63) is 207 Å². The van der Waals surface area contributed by atoms with Gasteiger partial charge in [0.1, 0.15) is 17.4 Å². The van der Waals surface area contributed by atoms with Crippen LogP contribution >= 0.6 is 0 Å². The van der Waals surface area contributed by atoms with E-state index in [0.29, 0.717) is 0 Å². The Bertz CT molecular complexity index is 2910. The Morgan fingerprint density at radius 3 is 1.37 bits per heavy atom. The molecular weight excluding hydrogens is 739 g/mol. The number of methoxy groups -OCH3 is 1. The van der Waals surface area contributed by atoms with E-state index in [1.165, 1.54) is 0 Å². The van der Waals surface area contributed by atoms with Gasteiger partial charge in [-0.2, -0.15) is 0 Å². The van der Waals surface area contributed by atoms with Crippen LogP contribution < -0.4 is 4.74 Å². The quantitative estimate of drug-likeness (QED) is 0.138. The predicted molar refractivity (Wildman–Crippen MR) is 239 cm³/mol. The molecule has 286 valence electrons. The molecule has 0 unspecified atom stereocenters. The maximum atomic E-state index is 5.47. The second kappa shape index (κ2) is 16.0. The van der Waals surface area contributed by atoms with E-state index in [1.807, 2.05) is 116 Å². The first kappa shape index (κ1) is 36.1. The Morgan fingerprint density at radius 2 is 0.850 bits per heavy atom. The number of ether oxygens (including phenoxy) is 1. The van der Waals surface area contributed by atoms with Crippen molar-refractivity contribution >= 4 is 0 Å². The van der Waals surface area contributed by atoms with Gasteiger partial charge in [-0.15, -0.1) is 0 Å². The molecule has 5 heterocycles. The van der Waals surface area contributed by atoms with E-state index in [2.05, 4.69) is 100 Å². The van der Waals surface area contributed by atoms with Gasteiger partial charge in [-0.05, 0) is 77.4 Å². The van der Waals surface area contributed by atoms with Crippen LogP contribution in [-0.2, 0) is 0 Å². The summed E-state index contributed by atoms with van der Waals surface area (Å²) in [5, 5.41) is 0. The molecule has 0 aliphatic heterocycles. The molecule has 0 saturated heterocycles. The highest BCUT2D eigenvalue weighted by molar-refractivity contribution is 5.87. The average molecular weight is 776 g/mol. The van der Waals surface area contributed by atoms with Gasteiger partial charge in [0.25, 0.3) is 0 Å². The molecular formula is C52H37N7O. The van der Waals surface area contributed by atoms with Gasteiger partial charge in [-0.1, -0.05) is 103 Å². The zero-order valence-corrected chi connectivity index (χ0v) is 32.7. The fourth-order valence-electron chi connectivity index (χ4n) is 7.60. The topological polar surface area (TPSA) is 83.5 Å². The summed E-state index contributed by atoms with van der Waals surface area (Å²) in [5.74, 6) is 2.35. The van der Waals surface area contributed by atoms with Crippen LogP contribution in [0.15, 0.2) is 207 Å². The first-order valence-corrected chi connectivity index (χ1v) is 19.6. The zero-order valence-electron chi connectivity index (χ0n) is 32.7. The predicted octanol–water partition coefficient (Wildman–Crippen LogP) is 11.9. The van der Waals surface area contributed by atoms with Crippen LogP contribution in [0.5, 0.6) is 5.75 Å².